The van der Waals surface area contributed by atoms with E-state index in [4.69, 9.17) is 9.47 Å². The number of ether oxygens (including phenoxy) is 2. The number of aromatic nitrogens is 1. The molecular weight excluding hydrogens is 392 g/mol. The maximum atomic E-state index is 12.5. The van der Waals surface area contributed by atoms with Gasteiger partial charge in [-0.05, 0) is 31.4 Å². The van der Waals surface area contributed by atoms with Gasteiger partial charge in [0.25, 0.3) is 0 Å². The normalized spacial score (nSPS) is 10.7. The lowest BCUT2D eigenvalue weighted by Gasteiger charge is -2.09. The Hall–Kier alpha value is -3.13. The molecule has 7 nitrogen and oxygen atoms in total. The summed E-state index contributed by atoms with van der Waals surface area (Å²) in [7, 11) is 0. The Bertz CT molecular complexity index is 1040. The van der Waals surface area contributed by atoms with Crippen LogP contribution in [0, 0.1) is 0 Å². The number of fused-ring (bicyclic) bond motifs is 1. The van der Waals surface area contributed by atoms with E-state index in [9.17, 15) is 14.4 Å². The summed E-state index contributed by atoms with van der Waals surface area (Å²) in [4.78, 5) is 37.0. The number of aryl methyl sites for hydroxylation is 1. The number of nitrogens with zero attached hydrogens (tertiary/aromatic N) is 1. The van der Waals surface area contributed by atoms with Crippen molar-refractivity contribution in [3.8, 4) is 0 Å². The third kappa shape index (κ3) is 4.65. The van der Waals surface area contributed by atoms with Gasteiger partial charge >= 0.3 is 11.9 Å². The molecule has 2 heterocycles. The van der Waals surface area contributed by atoms with Gasteiger partial charge in [0.1, 0.15) is 10.6 Å². The fraction of sp³-hybridized carbons (Fsp3) is 0.286. The van der Waals surface area contributed by atoms with Crippen LogP contribution >= 0.6 is 11.3 Å². The Morgan fingerprint density at radius 1 is 1.03 bits per heavy atom. The first-order chi connectivity index (χ1) is 14.0. The maximum Gasteiger partial charge on any atom is 0.342 e. The van der Waals surface area contributed by atoms with Crippen molar-refractivity contribution in [2.24, 2.45) is 0 Å². The molecule has 0 fully saturated rings. The van der Waals surface area contributed by atoms with Crippen molar-refractivity contribution in [3.63, 3.8) is 0 Å². The fourth-order valence-electron chi connectivity index (χ4n) is 2.96. The van der Waals surface area contributed by atoms with Gasteiger partial charge in [0, 0.05) is 30.1 Å². The minimum absolute atomic E-state index is 0.0371. The third-order valence-electron chi connectivity index (χ3n) is 4.28. The van der Waals surface area contributed by atoms with Crippen LogP contribution in [0.25, 0.3) is 10.9 Å². The molecule has 3 rings (SSSR count). The van der Waals surface area contributed by atoms with E-state index in [2.05, 4.69) is 5.32 Å². The Labute approximate surface area is 172 Å². The van der Waals surface area contributed by atoms with Gasteiger partial charge < -0.3 is 19.4 Å². The predicted molar refractivity (Wildman–Crippen MR) is 111 cm³/mol. The molecule has 0 unspecified atom stereocenters. The molecule has 152 valence electrons. The van der Waals surface area contributed by atoms with Gasteiger partial charge in [-0.1, -0.05) is 18.2 Å². The van der Waals surface area contributed by atoms with Gasteiger partial charge in [0.2, 0.25) is 5.91 Å². The smallest absolute Gasteiger partial charge is 0.342 e. The molecule has 1 amide bonds. The number of anilines is 1. The van der Waals surface area contributed by atoms with Crippen LogP contribution < -0.4 is 5.32 Å². The van der Waals surface area contributed by atoms with E-state index in [1.54, 1.807) is 13.8 Å². The highest BCUT2D eigenvalue weighted by Gasteiger charge is 2.26. The zero-order valence-corrected chi connectivity index (χ0v) is 17.1. The van der Waals surface area contributed by atoms with Gasteiger partial charge in [-0.15, -0.1) is 11.3 Å². The van der Waals surface area contributed by atoms with Crippen molar-refractivity contribution in [2.75, 3.05) is 18.5 Å². The summed E-state index contributed by atoms with van der Waals surface area (Å²) in [6.07, 6.45) is 2.15. The van der Waals surface area contributed by atoms with Crippen LogP contribution in [-0.2, 0) is 20.8 Å². The quantitative estimate of drug-likeness (QED) is 0.561. The number of para-hydroxylation sites is 1. The molecule has 0 saturated heterocycles. The minimum atomic E-state index is -0.663. The summed E-state index contributed by atoms with van der Waals surface area (Å²) >= 11 is 1.10. The van der Waals surface area contributed by atoms with E-state index in [1.165, 1.54) is 5.38 Å². The Morgan fingerprint density at radius 3 is 2.52 bits per heavy atom. The molecule has 0 aliphatic heterocycles. The highest BCUT2D eigenvalue weighted by Crippen LogP contribution is 2.30. The molecule has 0 atom stereocenters. The number of hydrogen-bond donors (Lipinski definition) is 1. The highest BCUT2D eigenvalue weighted by atomic mass is 32.1. The average molecular weight is 414 g/mol. The molecule has 0 saturated carbocycles. The van der Waals surface area contributed by atoms with Gasteiger partial charge in [-0.2, -0.15) is 0 Å². The van der Waals surface area contributed by atoms with Crippen molar-refractivity contribution < 1.29 is 23.9 Å². The number of hydrogen-bond acceptors (Lipinski definition) is 6. The molecule has 2 aromatic heterocycles. The summed E-state index contributed by atoms with van der Waals surface area (Å²) in [5.41, 5.74) is 1.19. The zero-order chi connectivity index (χ0) is 20.8. The molecule has 1 aromatic carbocycles. The van der Waals surface area contributed by atoms with Gasteiger partial charge in [-0.3, -0.25) is 4.79 Å². The van der Waals surface area contributed by atoms with Crippen molar-refractivity contribution >= 4 is 45.1 Å². The molecule has 8 heteroatoms. The lowest BCUT2D eigenvalue weighted by molar-refractivity contribution is -0.116. The Morgan fingerprint density at radius 2 is 1.76 bits per heavy atom. The molecule has 0 aliphatic carbocycles. The predicted octanol–water partition coefficient (Wildman–Crippen LogP) is 4.09. The third-order valence-corrected chi connectivity index (χ3v) is 5.17. The second-order valence-corrected chi connectivity index (χ2v) is 7.04. The Balaban J connectivity index is 1.73. The fourth-order valence-corrected chi connectivity index (χ4v) is 3.90. The molecule has 3 aromatic rings. The van der Waals surface area contributed by atoms with Crippen LogP contribution in [0.1, 0.15) is 41.0 Å². The number of thiophene rings is 1. The van der Waals surface area contributed by atoms with E-state index >= 15 is 0 Å². The largest absolute Gasteiger partial charge is 0.462 e. The number of benzene rings is 1. The molecule has 1 N–H and O–H groups in total. The number of nitrogens with one attached hydrogen (secondary N) is 1. The summed E-state index contributed by atoms with van der Waals surface area (Å²) in [6.45, 7) is 4.19. The van der Waals surface area contributed by atoms with E-state index in [-0.39, 0.29) is 41.7 Å². The molecule has 29 heavy (non-hydrogen) atoms. The second-order valence-electron chi connectivity index (χ2n) is 6.16. The SMILES string of the molecule is CCOC(=O)c1csc(NC(=O)CCn2ccc3ccccc32)c1C(=O)OCC. The van der Waals surface area contributed by atoms with Crippen LogP contribution in [0.4, 0.5) is 5.00 Å². The van der Waals surface area contributed by atoms with Crippen LogP contribution in [-0.4, -0.2) is 35.6 Å². The summed E-state index contributed by atoms with van der Waals surface area (Å²) in [6, 6.07) is 9.93. The van der Waals surface area contributed by atoms with E-state index < -0.39 is 11.9 Å². The van der Waals surface area contributed by atoms with Crippen LogP contribution in [0.5, 0.6) is 0 Å². The highest BCUT2D eigenvalue weighted by molar-refractivity contribution is 7.15. The van der Waals surface area contributed by atoms with Crippen molar-refractivity contribution in [1.29, 1.82) is 0 Å². The summed E-state index contributed by atoms with van der Waals surface area (Å²) in [5, 5.41) is 5.63. The number of carbonyl (C=O) groups excluding carboxylic acids is 3. The standard InChI is InChI=1S/C21H22N2O5S/c1-3-27-20(25)15-13-29-19(18(15)21(26)28-4-2)22-17(24)10-12-23-11-9-14-7-5-6-8-16(14)23/h5-9,11,13H,3-4,10,12H2,1-2H3,(H,22,24). The average Bonchev–Trinajstić information content (AvgIpc) is 3.31. The number of esters is 2. The van der Waals surface area contributed by atoms with E-state index in [0.717, 1.165) is 22.2 Å². The van der Waals surface area contributed by atoms with Crippen molar-refractivity contribution in [3.05, 3.63) is 53.0 Å². The minimum Gasteiger partial charge on any atom is -0.462 e. The van der Waals surface area contributed by atoms with Crippen LogP contribution in [0.15, 0.2) is 41.9 Å². The monoisotopic (exact) mass is 414 g/mol. The van der Waals surface area contributed by atoms with Gasteiger partial charge in [0.15, 0.2) is 0 Å². The van der Waals surface area contributed by atoms with Crippen LogP contribution in [0.3, 0.4) is 0 Å². The maximum absolute atomic E-state index is 12.5. The van der Waals surface area contributed by atoms with Crippen molar-refractivity contribution in [1.82, 2.24) is 4.57 Å². The van der Waals surface area contributed by atoms with E-state index in [1.807, 2.05) is 41.1 Å². The van der Waals surface area contributed by atoms with Crippen LogP contribution in [0.2, 0.25) is 0 Å². The lowest BCUT2D eigenvalue weighted by Crippen LogP contribution is -2.18. The van der Waals surface area contributed by atoms with Gasteiger partial charge in [0.05, 0.1) is 18.8 Å². The molecule has 0 radical (unpaired) electrons. The number of amides is 1. The second kappa shape index (κ2) is 9.38. The van der Waals surface area contributed by atoms with Crippen molar-refractivity contribution in [2.45, 2.75) is 26.8 Å². The molecular formula is C21H22N2O5S. The first-order valence-electron chi connectivity index (χ1n) is 9.34. The number of rotatable bonds is 8. The molecule has 0 bridgehead atoms. The lowest BCUT2D eigenvalue weighted by atomic mass is 10.2. The first kappa shape index (κ1) is 20.6. The molecule has 0 spiro atoms. The zero-order valence-electron chi connectivity index (χ0n) is 16.3. The number of carbonyl (C=O) groups is 3. The summed E-state index contributed by atoms with van der Waals surface area (Å²) in [5.74, 6) is -1.54. The summed E-state index contributed by atoms with van der Waals surface area (Å²) < 4.78 is 12.0. The van der Waals surface area contributed by atoms with E-state index in [0.29, 0.717) is 6.54 Å². The first-order valence-corrected chi connectivity index (χ1v) is 10.2. The molecule has 0 aliphatic rings. The Kier molecular flexibility index (Phi) is 6.66. The topological polar surface area (TPSA) is 86.6 Å². The van der Waals surface area contributed by atoms with Gasteiger partial charge in [-0.25, -0.2) is 9.59 Å².